The van der Waals surface area contributed by atoms with Crippen LogP contribution in [0.5, 0.6) is 0 Å². The zero-order chi connectivity index (χ0) is 15.3. The minimum absolute atomic E-state index is 0.197. The zero-order valence-electron chi connectivity index (χ0n) is 12.7. The third-order valence-electron chi connectivity index (χ3n) is 5.99. The number of amides is 2. The number of piperidine rings is 1. The molecule has 3 unspecified atom stereocenters. The quantitative estimate of drug-likeness (QED) is 0.758. The summed E-state index contributed by atoms with van der Waals surface area (Å²) in [5.74, 6) is 0.515. The van der Waals surface area contributed by atoms with Crippen molar-refractivity contribution >= 4 is 12.2 Å². The predicted molar refractivity (Wildman–Crippen MR) is 77.7 cm³/mol. The maximum atomic E-state index is 11.3. The Balaban J connectivity index is 1.37. The van der Waals surface area contributed by atoms with Crippen LogP contribution in [0.2, 0.25) is 0 Å². The fourth-order valence-electron chi connectivity index (χ4n) is 4.81. The third-order valence-corrected chi connectivity index (χ3v) is 5.99. The number of ether oxygens (including phenoxy) is 1. The Morgan fingerprint density at radius 2 is 1.95 bits per heavy atom. The molecule has 2 amide bonds. The van der Waals surface area contributed by atoms with Gasteiger partial charge in [-0.15, -0.1) is 0 Å². The van der Waals surface area contributed by atoms with Gasteiger partial charge in [-0.05, 0) is 25.2 Å². The van der Waals surface area contributed by atoms with Crippen molar-refractivity contribution in [2.24, 2.45) is 5.92 Å². The number of carbonyl (C=O) groups excluding carboxylic acids is 1. The number of carbonyl (C=O) groups is 2. The van der Waals surface area contributed by atoms with E-state index in [9.17, 15) is 14.7 Å². The third kappa shape index (κ3) is 2.31. The van der Waals surface area contributed by atoms with Gasteiger partial charge in [-0.3, -0.25) is 4.90 Å². The first kappa shape index (κ1) is 14.1. The highest BCUT2D eigenvalue weighted by Gasteiger charge is 2.47. The number of nitrogens with one attached hydrogen (secondary N) is 1. The lowest BCUT2D eigenvalue weighted by atomic mass is 9.83. The molecule has 3 aliphatic heterocycles. The molecule has 3 heterocycles. The van der Waals surface area contributed by atoms with Gasteiger partial charge in [-0.2, -0.15) is 0 Å². The van der Waals surface area contributed by atoms with Gasteiger partial charge in [0.25, 0.3) is 0 Å². The van der Waals surface area contributed by atoms with Crippen molar-refractivity contribution in [2.75, 3.05) is 26.2 Å². The highest BCUT2D eigenvalue weighted by molar-refractivity contribution is 5.70. The lowest BCUT2D eigenvalue weighted by molar-refractivity contribution is -0.0168. The van der Waals surface area contributed by atoms with Crippen LogP contribution in [0.25, 0.3) is 0 Å². The molecule has 0 aromatic carbocycles. The molecule has 122 valence electrons. The minimum Gasteiger partial charge on any atom is -0.465 e. The molecular weight excluding hydrogens is 286 g/mol. The number of hydrogen-bond donors (Lipinski definition) is 2. The largest absolute Gasteiger partial charge is 0.465 e. The van der Waals surface area contributed by atoms with Gasteiger partial charge in [-0.1, -0.05) is 0 Å². The van der Waals surface area contributed by atoms with Crippen LogP contribution in [-0.4, -0.2) is 71.0 Å². The van der Waals surface area contributed by atoms with Gasteiger partial charge >= 0.3 is 12.2 Å². The SMILES string of the molecule is O=C1NCC2(CCN(C3CC4CC(C3)N(C(=O)O)C4)CC2)O1. The van der Waals surface area contributed by atoms with Crippen molar-refractivity contribution in [3.05, 3.63) is 0 Å². The highest BCUT2D eigenvalue weighted by Crippen LogP contribution is 2.39. The molecule has 1 saturated carbocycles. The van der Waals surface area contributed by atoms with Gasteiger partial charge in [0, 0.05) is 44.6 Å². The van der Waals surface area contributed by atoms with E-state index in [2.05, 4.69) is 10.2 Å². The molecule has 2 bridgehead atoms. The molecule has 22 heavy (non-hydrogen) atoms. The topological polar surface area (TPSA) is 82.1 Å². The fourth-order valence-corrected chi connectivity index (χ4v) is 4.81. The number of carboxylic acid groups (broad SMARTS) is 1. The van der Waals surface area contributed by atoms with Crippen molar-refractivity contribution in [3.63, 3.8) is 0 Å². The summed E-state index contributed by atoms with van der Waals surface area (Å²) in [7, 11) is 0. The normalized spacial score (nSPS) is 37.2. The van der Waals surface area contributed by atoms with E-state index in [0.29, 0.717) is 25.0 Å². The molecule has 7 heteroatoms. The van der Waals surface area contributed by atoms with Crippen LogP contribution in [-0.2, 0) is 4.74 Å². The van der Waals surface area contributed by atoms with E-state index in [0.717, 1.165) is 45.2 Å². The number of likely N-dealkylation sites (tertiary alicyclic amines) is 2. The molecule has 3 saturated heterocycles. The van der Waals surface area contributed by atoms with E-state index >= 15 is 0 Å². The highest BCUT2D eigenvalue weighted by atomic mass is 16.6. The summed E-state index contributed by atoms with van der Waals surface area (Å²) in [5.41, 5.74) is -0.297. The van der Waals surface area contributed by atoms with Gasteiger partial charge in [0.05, 0.1) is 6.54 Å². The Hall–Kier alpha value is -1.50. The number of rotatable bonds is 1. The maximum Gasteiger partial charge on any atom is 0.407 e. The molecule has 0 radical (unpaired) electrons. The number of fused-ring (bicyclic) bond motifs is 2. The van der Waals surface area contributed by atoms with E-state index in [1.807, 2.05) is 0 Å². The van der Waals surface area contributed by atoms with E-state index in [1.54, 1.807) is 4.90 Å². The van der Waals surface area contributed by atoms with Crippen molar-refractivity contribution in [1.29, 1.82) is 0 Å². The first-order valence-electron chi connectivity index (χ1n) is 8.25. The Morgan fingerprint density at radius 3 is 2.59 bits per heavy atom. The molecule has 2 N–H and O–H groups in total. The summed E-state index contributed by atoms with van der Waals surface area (Å²) in [5, 5.41) is 12.0. The second kappa shape index (κ2) is 5.01. The number of alkyl carbamates (subject to hydrolysis) is 1. The summed E-state index contributed by atoms with van der Waals surface area (Å²) in [4.78, 5) is 26.7. The van der Waals surface area contributed by atoms with E-state index < -0.39 is 6.09 Å². The number of hydrogen-bond acceptors (Lipinski definition) is 4. The predicted octanol–water partition coefficient (Wildman–Crippen LogP) is 1.09. The van der Waals surface area contributed by atoms with Crippen molar-refractivity contribution < 1.29 is 19.4 Å². The average molecular weight is 309 g/mol. The Bertz CT molecular complexity index is 489. The average Bonchev–Trinajstić information content (AvgIpc) is 3.00. The molecule has 7 nitrogen and oxygen atoms in total. The Labute approximate surface area is 129 Å². The van der Waals surface area contributed by atoms with Crippen molar-refractivity contribution in [3.8, 4) is 0 Å². The molecule has 0 aromatic heterocycles. The molecule has 4 rings (SSSR count). The lowest BCUT2D eigenvalue weighted by Crippen LogP contribution is -2.51. The van der Waals surface area contributed by atoms with Crippen molar-refractivity contribution in [2.45, 2.75) is 49.8 Å². The molecule has 4 aliphatic rings. The summed E-state index contributed by atoms with van der Waals surface area (Å²) in [6.45, 7) is 3.20. The van der Waals surface area contributed by atoms with Crippen molar-refractivity contribution in [1.82, 2.24) is 15.1 Å². The molecule has 4 fully saturated rings. The second-order valence-electron chi connectivity index (χ2n) is 7.28. The van der Waals surface area contributed by atoms with Crippen LogP contribution >= 0.6 is 0 Å². The molecular formula is C15H23N3O4. The Kier molecular flexibility index (Phi) is 3.21. The van der Waals surface area contributed by atoms with Crippen LogP contribution in [0.1, 0.15) is 32.1 Å². The molecule has 1 aliphatic carbocycles. The summed E-state index contributed by atoms with van der Waals surface area (Å²) < 4.78 is 5.47. The second-order valence-corrected chi connectivity index (χ2v) is 7.28. The van der Waals surface area contributed by atoms with E-state index in [-0.39, 0.29) is 17.7 Å². The van der Waals surface area contributed by atoms with Crippen LogP contribution in [0.15, 0.2) is 0 Å². The van der Waals surface area contributed by atoms with Gasteiger partial charge in [-0.25, -0.2) is 9.59 Å². The first-order chi connectivity index (χ1) is 10.5. The summed E-state index contributed by atoms with van der Waals surface area (Å²) >= 11 is 0. The van der Waals surface area contributed by atoms with Gasteiger partial charge in [0.1, 0.15) is 5.60 Å². The minimum atomic E-state index is -0.769. The summed E-state index contributed by atoms with van der Waals surface area (Å²) in [6, 6.07) is 0.679. The monoisotopic (exact) mass is 309 g/mol. The Morgan fingerprint density at radius 1 is 1.23 bits per heavy atom. The van der Waals surface area contributed by atoms with Gasteiger partial charge in [0.2, 0.25) is 0 Å². The van der Waals surface area contributed by atoms with Crippen LogP contribution in [0.3, 0.4) is 0 Å². The number of nitrogens with zero attached hydrogens (tertiary/aromatic N) is 2. The van der Waals surface area contributed by atoms with Crippen LogP contribution in [0, 0.1) is 5.92 Å². The fraction of sp³-hybridized carbons (Fsp3) is 0.867. The smallest absolute Gasteiger partial charge is 0.407 e. The van der Waals surface area contributed by atoms with E-state index in [1.165, 1.54) is 0 Å². The zero-order valence-corrected chi connectivity index (χ0v) is 12.7. The van der Waals surface area contributed by atoms with Crippen LogP contribution < -0.4 is 5.32 Å². The summed E-state index contributed by atoms with van der Waals surface area (Å²) in [6.07, 6.45) is 3.78. The standard InChI is InChI=1S/C15H23N3O4/c19-13-16-9-15(22-13)1-3-17(4-2-15)11-5-10-6-12(7-11)18(8-10)14(20)21/h10-12H,1-9H2,(H,16,19)(H,20,21). The molecule has 0 aromatic rings. The first-order valence-corrected chi connectivity index (χ1v) is 8.25. The molecule has 1 spiro atoms. The van der Waals surface area contributed by atoms with Crippen LogP contribution in [0.4, 0.5) is 9.59 Å². The lowest BCUT2D eigenvalue weighted by Gasteiger charge is -2.43. The van der Waals surface area contributed by atoms with Gasteiger partial charge in [0.15, 0.2) is 0 Å². The maximum absolute atomic E-state index is 11.3. The van der Waals surface area contributed by atoms with E-state index in [4.69, 9.17) is 4.74 Å². The van der Waals surface area contributed by atoms with Gasteiger partial charge < -0.3 is 20.1 Å². The molecule has 3 atom stereocenters.